The fraction of sp³-hybridized carbons (Fsp3) is 0.321. The monoisotopic (exact) mass is 480 g/mol. The average Bonchev–Trinajstić information content (AvgIpc) is 2.96. The van der Waals surface area contributed by atoms with Crippen molar-refractivity contribution in [1.29, 1.82) is 0 Å². The molecule has 0 spiro atoms. The summed E-state index contributed by atoms with van der Waals surface area (Å²) in [5, 5.41) is 3.48. The Morgan fingerprint density at radius 1 is 0.971 bits per heavy atom. The Labute approximate surface area is 205 Å². The van der Waals surface area contributed by atoms with E-state index in [1.54, 1.807) is 12.1 Å². The van der Waals surface area contributed by atoms with Crippen LogP contribution in [0.3, 0.4) is 0 Å². The number of hydrogen-bond acceptors (Lipinski definition) is 4. The van der Waals surface area contributed by atoms with Crippen molar-refractivity contribution in [1.82, 2.24) is 4.98 Å². The largest absolute Gasteiger partial charge is 0.416 e. The molecule has 7 heteroatoms. The van der Waals surface area contributed by atoms with Crippen molar-refractivity contribution in [3.05, 3.63) is 84.2 Å². The number of para-hydroxylation sites is 1. The summed E-state index contributed by atoms with van der Waals surface area (Å²) in [6.45, 7) is 12.3. The highest BCUT2D eigenvalue weighted by molar-refractivity contribution is 5.76. The number of nitrogens with one attached hydrogen (secondary N) is 1. The molecule has 3 aromatic rings. The Hall–Kier alpha value is -3.48. The van der Waals surface area contributed by atoms with E-state index in [1.807, 2.05) is 36.2 Å². The molecule has 1 aliphatic heterocycles. The molecule has 1 N–H and O–H groups in total. The van der Waals surface area contributed by atoms with Crippen LogP contribution in [0.2, 0.25) is 0 Å². The van der Waals surface area contributed by atoms with Crippen LogP contribution >= 0.6 is 0 Å². The predicted molar refractivity (Wildman–Crippen MR) is 138 cm³/mol. The first-order chi connectivity index (χ1) is 16.4. The van der Waals surface area contributed by atoms with E-state index in [0.717, 1.165) is 36.5 Å². The van der Waals surface area contributed by atoms with E-state index in [9.17, 15) is 13.2 Å². The van der Waals surface area contributed by atoms with Gasteiger partial charge in [-0.3, -0.25) is 0 Å². The summed E-state index contributed by atoms with van der Waals surface area (Å²) < 4.78 is 39.9. The van der Waals surface area contributed by atoms with Gasteiger partial charge in [0.15, 0.2) is 5.82 Å². The second-order valence-electron chi connectivity index (χ2n) is 9.91. The molecule has 1 aromatic heterocycles. The van der Waals surface area contributed by atoms with Gasteiger partial charge in [-0.1, -0.05) is 57.7 Å². The van der Waals surface area contributed by atoms with Crippen LogP contribution in [-0.2, 0) is 11.6 Å². The molecule has 2 heterocycles. The molecule has 0 fully saturated rings. The third kappa shape index (κ3) is 5.29. The average molecular weight is 481 g/mol. The number of pyridine rings is 1. The summed E-state index contributed by atoms with van der Waals surface area (Å²) in [4.78, 5) is 8.99. The molecule has 35 heavy (non-hydrogen) atoms. The number of hydrogen-bond donors (Lipinski definition) is 1. The van der Waals surface area contributed by atoms with Gasteiger partial charge in [-0.2, -0.15) is 13.2 Å². The molecule has 2 aromatic carbocycles. The molecule has 184 valence electrons. The van der Waals surface area contributed by atoms with Gasteiger partial charge in [0.05, 0.1) is 16.9 Å². The molecule has 0 atom stereocenters. The third-order valence-electron chi connectivity index (χ3n) is 6.22. The van der Waals surface area contributed by atoms with E-state index in [4.69, 9.17) is 4.98 Å². The number of anilines is 3. The maximum Gasteiger partial charge on any atom is 0.416 e. The minimum atomic E-state index is -4.41. The number of fused-ring (bicyclic) bond motifs is 1. The van der Waals surface area contributed by atoms with Crippen molar-refractivity contribution in [3.63, 3.8) is 0 Å². The molecule has 0 saturated heterocycles. The highest BCUT2D eigenvalue weighted by Crippen LogP contribution is 2.37. The van der Waals surface area contributed by atoms with Gasteiger partial charge >= 0.3 is 6.18 Å². The molecule has 0 aliphatic carbocycles. The van der Waals surface area contributed by atoms with Gasteiger partial charge in [0.25, 0.3) is 0 Å². The fourth-order valence-corrected chi connectivity index (χ4v) is 4.38. The van der Waals surface area contributed by atoms with E-state index < -0.39 is 11.7 Å². The zero-order valence-electron chi connectivity index (χ0n) is 20.6. The van der Waals surface area contributed by atoms with Crippen molar-refractivity contribution >= 4 is 17.2 Å². The van der Waals surface area contributed by atoms with Crippen molar-refractivity contribution in [2.24, 2.45) is 0 Å². The molecule has 0 amide bonds. The van der Waals surface area contributed by atoms with Crippen molar-refractivity contribution in [2.75, 3.05) is 35.3 Å². The first kappa shape index (κ1) is 24.6. The number of rotatable bonds is 4. The first-order valence-electron chi connectivity index (χ1n) is 11.7. The molecule has 0 saturated carbocycles. The first-order valence-corrected chi connectivity index (χ1v) is 11.7. The number of alkyl halides is 3. The topological polar surface area (TPSA) is 31.4 Å². The quantitative estimate of drug-likeness (QED) is 0.425. The zero-order chi connectivity index (χ0) is 25.4. The summed E-state index contributed by atoms with van der Waals surface area (Å²) in [5.74, 6) is 1.34. The van der Waals surface area contributed by atoms with E-state index in [-0.39, 0.29) is 5.41 Å². The molecule has 0 unspecified atom stereocenters. The third-order valence-corrected chi connectivity index (χ3v) is 6.22. The lowest BCUT2D eigenvalue weighted by molar-refractivity contribution is -0.137. The minimum Gasteiger partial charge on any atom is -0.372 e. The van der Waals surface area contributed by atoms with Gasteiger partial charge in [-0.05, 0) is 47.7 Å². The molecule has 0 radical (unpaired) electrons. The van der Waals surface area contributed by atoms with Gasteiger partial charge in [0, 0.05) is 31.4 Å². The summed E-state index contributed by atoms with van der Waals surface area (Å²) in [6.07, 6.45) is -3.53. The number of nitrogens with zero attached hydrogens (tertiary/aromatic N) is 3. The highest BCUT2D eigenvalue weighted by atomic mass is 19.4. The molecular formula is C28H31F3N4. The predicted octanol–water partition coefficient (Wildman–Crippen LogP) is 7.29. The Kier molecular flexibility index (Phi) is 6.54. The van der Waals surface area contributed by atoms with Crippen LogP contribution in [0, 0.1) is 0 Å². The SMILES string of the molecule is C=C(Nc1ccccc1C(C)(C)C)N1CCCN(C)c2ccc(-c3cccc(C(F)(F)F)c3)nc21. The van der Waals surface area contributed by atoms with E-state index in [0.29, 0.717) is 29.4 Å². The summed E-state index contributed by atoms with van der Waals surface area (Å²) in [5.41, 5.74) is 3.20. The van der Waals surface area contributed by atoms with Crippen molar-refractivity contribution in [2.45, 2.75) is 38.8 Å². The normalized spacial score (nSPS) is 14.4. The van der Waals surface area contributed by atoms with Crippen LogP contribution in [-0.4, -0.2) is 25.1 Å². The lowest BCUT2D eigenvalue weighted by Crippen LogP contribution is -2.28. The summed E-state index contributed by atoms with van der Waals surface area (Å²) >= 11 is 0. The fourth-order valence-electron chi connectivity index (χ4n) is 4.38. The van der Waals surface area contributed by atoms with Crippen molar-refractivity contribution in [3.8, 4) is 11.3 Å². The van der Waals surface area contributed by atoms with E-state index in [2.05, 4.69) is 43.6 Å². The Morgan fingerprint density at radius 3 is 2.43 bits per heavy atom. The number of aromatic nitrogens is 1. The van der Waals surface area contributed by atoms with Gasteiger partial charge < -0.3 is 15.1 Å². The van der Waals surface area contributed by atoms with Gasteiger partial charge in [-0.25, -0.2) is 4.98 Å². The van der Waals surface area contributed by atoms with Crippen LogP contribution in [0.1, 0.15) is 38.3 Å². The molecule has 4 rings (SSSR count). The van der Waals surface area contributed by atoms with Crippen LogP contribution < -0.4 is 15.1 Å². The minimum absolute atomic E-state index is 0.0598. The lowest BCUT2D eigenvalue weighted by Gasteiger charge is -2.30. The van der Waals surface area contributed by atoms with Crippen LogP contribution in [0.5, 0.6) is 0 Å². The Morgan fingerprint density at radius 2 is 1.71 bits per heavy atom. The van der Waals surface area contributed by atoms with Crippen molar-refractivity contribution < 1.29 is 13.2 Å². The maximum atomic E-state index is 13.3. The Bertz CT molecular complexity index is 1230. The second kappa shape index (κ2) is 9.29. The van der Waals surface area contributed by atoms with E-state index >= 15 is 0 Å². The van der Waals surface area contributed by atoms with Gasteiger partial charge in [-0.15, -0.1) is 0 Å². The molecule has 4 nitrogen and oxygen atoms in total. The highest BCUT2D eigenvalue weighted by Gasteiger charge is 2.31. The number of halogens is 3. The van der Waals surface area contributed by atoms with E-state index in [1.165, 1.54) is 11.6 Å². The second-order valence-corrected chi connectivity index (χ2v) is 9.91. The van der Waals surface area contributed by atoms with Crippen LogP contribution in [0.15, 0.2) is 73.1 Å². The standard InChI is InChI=1S/C28H31F3N4/c1-19(32-24-13-7-6-12-22(24)27(2,3)4)35-17-9-16-34(5)25-15-14-23(33-26(25)35)20-10-8-11-21(18-20)28(29,30)31/h6-8,10-15,18,32H,1,9,16-17H2,2-5H3. The van der Waals surface area contributed by atoms with Crippen LogP contribution in [0.25, 0.3) is 11.3 Å². The number of benzene rings is 2. The smallest absolute Gasteiger partial charge is 0.372 e. The lowest BCUT2D eigenvalue weighted by atomic mass is 9.86. The zero-order valence-corrected chi connectivity index (χ0v) is 20.6. The summed E-state index contributed by atoms with van der Waals surface area (Å²) in [7, 11) is 2.00. The van der Waals surface area contributed by atoms with Gasteiger partial charge in [0.2, 0.25) is 0 Å². The molecule has 0 bridgehead atoms. The molecular weight excluding hydrogens is 449 g/mol. The summed E-state index contributed by atoms with van der Waals surface area (Å²) in [6, 6.07) is 17.1. The molecule has 1 aliphatic rings. The Balaban J connectivity index is 1.73. The van der Waals surface area contributed by atoms with Gasteiger partial charge in [0.1, 0.15) is 5.82 Å². The van der Waals surface area contributed by atoms with Crippen LogP contribution in [0.4, 0.5) is 30.4 Å². The maximum absolute atomic E-state index is 13.3.